The van der Waals surface area contributed by atoms with E-state index in [1.54, 1.807) is 20.8 Å². The molecule has 0 radical (unpaired) electrons. The fraction of sp³-hybridized carbons (Fsp3) is 0.545. The van der Waals surface area contributed by atoms with Gasteiger partial charge in [-0.15, -0.1) is 0 Å². The van der Waals surface area contributed by atoms with E-state index in [1.165, 1.54) is 18.2 Å². The summed E-state index contributed by atoms with van der Waals surface area (Å²) in [5.41, 5.74) is 6.21. The lowest BCUT2D eigenvalue weighted by atomic mass is 9.87. The maximum atomic E-state index is 12.0. The molecule has 3 N–H and O–H groups in total. The second-order valence-corrected chi connectivity index (χ2v) is 7.20. The average molecular weight is 485 g/mol. The Bertz CT molecular complexity index is 842. The van der Waals surface area contributed by atoms with Crippen LogP contribution in [0.4, 0.5) is 14.4 Å². The highest BCUT2D eigenvalue weighted by molar-refractivity contribution is 5.75. The van der Waals surface area contributed by atoms with Crippen molar-refractivity contribution in [2.24, 2.45) is 5.73 Å². The Morgan fingerprint density at radius 2 is 1.50 bits per heavy atom. The quantitative estimate of drug-likeness (QED) is 0.251. The Labute approximate surface area is 197 Å². The standard InChI is InChI=1S/C22H31NO11/c1-5-9-30-21(27)33-16-8-7-14(12-17(16)34-22(28)31-10-6-2)15(18(23)19(24)25)11-13(3)32-20(26)29-4/h7-8,12-13,15,18H,5-6,9-11,23H2,1-4H3,(H,24,25)/t13?,15?,18-/m0/s1. The second-order valence-electron chi connectivity index (χ2n) is 7.20. The number of aliphatic carboxylic acids is 1. The molecule has 2 unspecified atom stereocenters. The first-order chi connectivity index (χ1) is 16.1. The third kappa shape index (κ3) is 9.53. The van der Waals surface area contributed by atoms with Crippen molar-refractivity contribution in [1.29, 1.82) is 0 Å². The van der Waals surface area contributed by atoms with Gasteiger partial charge in [0, 0.05) is 5.92 Å². The molecule has 0 aliphatic carbocycles. The molecule has 0 aromatic heterocycles. The number of hydrogen-bond acceptors (Lipinski definition) is 11. The van der Waals surface area contributed by atoms with Gasteiger partial charge >= 0.3 is 24.4 Å². The molecule has 0 saturated carbocycles. The van der Waals surface area contributed by atoms with Crippen LogP contribution in [0.5, 0.6) is 11.5 Å². The number of methoxy groups -OCH3 is 1. The zero-order chi connectivity index (χ0) is 25.7. The maximum absolute atomic E-state index is 12.0. The van der Waals surface area contributed by atoms with E-state index in [9.17, 15) is 24.3 Å². The Kier molecular flexibility index (Phi) is 12.2. The van der Waals surface area contributed by atoms with Gasteiger partial charge in [-0.25, -0.2) is 14.4 Å². The Morgan fingerprint density at radius 1 is 0.941 bits per heavy atom. The van der Waals surface area contributed by atoms with Gasteiger partial charge in [-0.3, -0.25) is 4.79 Å². The van der Waals surface area contributed by atoms with Gasteiger partial charge < -0.3 is 39.3 Å². The number of nitrogens with two attached hydrogens (primary N) is 1. The minimum absolute atomic E-state index is 0.00103. The van der Waals surface area contributed by atoms with Crippen LogP contribution in [0.3, 0.4) is 0 Å². The minimum atomic E-state index is -1.40. The Morgan fingerprint density at radius 3 is 2.00 bits per heavy atom. The summed E-state index contributed by atoms with van der Waals surface area (Å²) in [6.07, 6.45) is -2.64. The molecule has 34 heavy (non-hydrogen) atoms. The summed E-state index contributed by atoms with van der Waals surface area (Å²) in [6, 6.07) is 2.65. The number of carbonyl (C=O) groups is 4. The van der Waals surface area contributed by atoms with Crippen molar-refractivity contribution in [3.63, 3.8) is 0 Å². The molecule has 0 fully saturated rings. The second kappa shape index (κ2) is 14.6. The van der Waals surface area contributed by atoms with E-state index >= 15 is 0 Å². The highest BCUT2D eigenvalue weighted by Gasteiger charge is 2.30. The molecule has 0 spiro atoms. The molecule has 0 aliphatic heterocycles. The maximum Gasteiger partial charge on any atom is 0.513 e. The van der Waals surface area contributed by atoms with E-state index in [1.807, 2.05) is 0 Å². The van der Waals surface area contributed by atoms with Crippen LogP contribution in [0.15, 0.2) is 18.2 Å². The molecular formula is C22H31NO11. The van der Waals surface area contributed by atoms with Crippen LogP contribution in [0.25, 0.3) is 0 Å². The molecule has 12 heteroatoms. The van der Waals surface area contributed by atoms with Gasteiger partial charge in [0.05, 0.1) is 20.3 Å². The lowest BCUT2D eigenvalue weighted by Gasteiger charge is -2.25. The predicted molar refractivity (Wildman–Crippen MR) is 117 cm³/mol. The SMILES string of the molecule is CCCOC(=O)Oc1ccc(C(CC(C)OC(=O)OC)[C@H](N)C(=O)O)cc1OC(=O)OCCC. The van der Waals surface area contributed by atoms with Crippen molar-refractivity contribution in [3.8, 4) is 11.5 Å². The number of benzene rings is 1. The summed E-state index contributed by atoms with van der Waals surface area (Å²) in [5, 5.41) is 9.47. The van der Waals surface area contributed by atoms with Crippen molar-refractivity contribution in [3.05, 3.63) is 23.8 Å². The first-order valence-electron chi connectivity index (χ1n) is 10.7. The number of carbonyl (C=O) groups excluding carboxylic acids is 3. The first-order valence-corrected chi connectivity index (χ1v) is 10.7. The molecule has 1 aromatic rings. The first kappa shape index (κ1) is 28.5. The normalized spacial score (nSPS) is 13.1. The molecule has 190 valence electrons. The summed E-state index contributed by atoms with van der Waals surface area (Å²) in [5.74, 6) is -2.55. The molecule has 1 rings (SSSR count). The smallest absolute Gasteiger partial charge is 0.480 e. The monoisotopic (exact) mass is 485 g/mol. The van der Waals surface area contributed by atoms with Crippen molar-refractivity contribution in [2.75, 3.05) is 20.3 Å². The Hall–Kier alpha value is -3.54. The summed E-state index contributed by atoms with van der Waals surface area (Å²) in [6.45, 7) is 5.36. The van der Waals surface area contributed by atoms with Gasteiger partial charge in [0.2, 0.25) is 0 Å². The highest BCUT2D eigenvalue weighted by Crippen LogP contribution is 2.35. The van der Waals surface area contributed by atoms with Crippen molar-refractivity contribution in [1.82, 2.24) is 0 Å². The number of carboxylic acid groups (broad SMARTS) is 1. The fourth-order valence-electron chi connectivity index (χ4n) is 2.81. The molecule has 3 atom stereocenters. The number of hydrogen-bond donors (Lipinski definition) is 2. The Balaban J connectivity index is 3.30. The molecule has 1 aromatic carbocycles. The van der Waals surface area contributed by atoms with Crippen molar-refractivity contribution >= 4 is 24.4 Å². The number of rotatable bonds is 12. The van der Waals surface area contributed by atoms with Crippen LogP contribution in [0.2, 0.25) is 0 Å². The molecule has 0 amide bonds. The van der Waals surface area contributed by atoms with Crippen LogP contribution < -0.4 is 15.2 Å². The van der Waals surface area contributed by atoms with Crippen LogP contribution in [-0.4, -0.2) is 62.0 Å². The molecule has 0 heterocycles. The molecule has 0 bridgehead atoms. The third-order valence-electron chi connectivity index (χ3n) is 4.40. The van der Waals surface area contributed by atoms with Crippen LogP contribution in [0, 0.1) is 0 Å². The van der Waals surface area contributed by atoms with Gasteiger partial charge in [0.1, 0.15) is 12.1 Å². The lowest BCUT2D eigenvalue weighted by molar-refractivity contribution is -0.139. The van der Waals surface area contributed by atoms with Gasteiger partial charge in [0.15, 0.2) is 11.5 Å². The van der Waals surface area contributed by atoms with E-state index in [0.29, 0.717) is 18.4 Å². The van der Waals surface area contributed by atoms with Crippen LogP contribution >= 0.6 is 0 Å². The van der Waals surface area contributed by atoms with E-state index in [0.717, 1.165) is 7.11 Å². The van der Waals surface area contributed by atoms with Gasteiger partial charge in [-0.05, 0) is 43.9 Å². The molecule has 0 saturated heterocycles. The van der Waals surface area contributed by atoms with Gasteiger partial charge in [-0.2, -0.15) is 0 Å². The summed E-state index contributed by atoms with van der Waals surface area (Å²) in [7, 11) is 1.14. The van der Waals surface area contributed by atoms with E-state index in [4.69, 9.17) is 29.4 Å². The fourth-order valence-corrected chi connectivity index (χ4v) is 2.81. The number of carboxylic acids is 1. The van der Waals surface area contributed by atoms with E-state index in [2.05, 4.69) is 4.74 Å². The lowest BCUT2D eigenvalue weighted by Crippen LogP contribution is -2.38. The van der Waals surface area contributed by atoms with Crippen molar-refractivity contribution < 1.29 is 52.7 Å². The molecular weight excluding hydrogens is 454 g/mol. The molecule has 0 aliphatic rings. The zero-order valence-electron chi connectivity index (χ0n) is 19.6. The average Bonchev–Trinajstić information content (AvgIpc) is 2.80. The zero-order valence-corrected chi connectivity index (χ0v) is 19.6. The van der Waals surface area contributed by atoms with Crippen LogP contribution in [-0.2, 0) is 23.7 Å². The van der Waals surface area contributed by atoms with Gasteiger partial charge in [0.25, 0.3) is 0 Å². The van der Waals surface area contributed by atoms with E-state index < -0.39 is 42.5 Å². The van der Waals surface area contributed by atoms with Crippen LogP contribution in [0.1, 0.15) is 51.5 Å². The third-order valence-corrected chi connectivity index (χ3v) is 4.40. The summed E-state index contributed by atoms with van der Waals surface area (Å²) in [4.78, 5) is 47.0. The highest BCUT2D eigenvalue weighted by atomic mass is 16.7. The van der Waals surface area contributed by atoms with Crippen molar-refractivity contribution in [2.45, 2.75) is 58.1 Å². The summed E-state index contributed by atoms with van der Waals surface area (Å²) < 4.78 is 29.6. The predicted octanol–water partition coefficient (Wildman–Crippen LogP) is 3.59. The molecule has 12 nitrogen and oxygen atoms in total. The van der Waals surface area contributed by atoms with E-state index in [-0.39, 0.29) is 31.1 Å². The topological polar surface area (TPSA) is 170 Å². The van der Waals surface area contributed by atoms with Gasteiger partial charge in [-0.1, -0.05) is 19.9 Å². The largest absolute Gasteiger partial charge is 0.513 e. The number of ether oxygens (including phenoxy) is 6. The minimum Gasteiger partial charge on any atom is -0.480 e. The summed E-state index contributed by atoms with van der Waals surface area (Å²) >= 11 is 0.